The second-order valence-electron chi connectivity index (χ2n) is 4.20. The second-order valence-corrected chi connectivity index (χ2v) is 5.05. The molecule has 0 saturated heterocycles. The molecular weight excluding hydrogens is 330 g/mol. The largest absolute Gasteiger partial charge is 0.494 e. The highest BCUT2D eigenvalue weighted by Gasteiger charge is 2.12. The highest BCUT2D eigenvalue weighted by atomic mass is 79.9. The van der Waals surface area contributed by atoms with Crippen molar-refractivity contribution in [3.05, 3.63) is 63.6 Å². The first-order valence-electron chi connectivity index (χ1n) is 5.82. The van der Waals surface area contributed by atoms with Crippen molar-refractivity contribution < 1.29 is 18.3 Å². The van der Waals surface area contributed by atoms with Crippen molar-refractivity contribution in [3.63, 3.8) is 0 Å². The van der Waals surface area contributed by atoms with Gasteiger partial charge in [0, 0.05) is 12.0 Å². The Morgan fingerprint density at radius 3 is 2.50 bits per heavy atom. The predicted molar refractivity (Wildman–Crippen MR) is 75.1 cm³/mol. The van der Waals surface area contributed by atoms with E-state index in [0.717, 1.165) is 0 Å². The SMILES string of the molecule is COc1cc(C(=O)Cc2ccc(F)c(Br)c2)ccc1F. The minimum Gasteiger partial charge on any atom is -0.494 e. The first-order chi connectivity index (χ1) is 9.51. The number of benzene rings is 2. The van der Waals surface area contributed by atoms with Gasteiger partial charge in [0.1, 0.15) is 5.82 Å². The lowest BCUT2D eigenvalue weighted by atomic mass is 10.0. The van der Waals surface area contributed by atoms with Crippen LogP contribution in [0.5, 0.6) is 5.75 Å². The smallest absolute Gasteiger partial charge is 0.167 e. The summed E-state index contributed by atoms with van der Waals surface area (Å²) in [5.41, 5.74) is 1.02. The number of halogens is 3. The normalized spacial score (nSPS) is 10.4. The standard InChI is InChI=1S/C15H11BrF2O2/c1-20-15-8-10(3-5-13(15)18)14(19)7-9-2-4-12(17)11(16)6-9/h2-6,8H,7H2,1H3. The number of Topliss-reactive ketones (excluding diaryl/α,β-unsaturated/α-hetero) is 1. The highest BCUT2D eigenvalue weighted by molar-refractivity contribution is 9.10. The molecule has 2 rings (SSSR count). The molecule has 0 bridgehead atoms. The van der Waals surface area contributed by atoms with E-state index in [4.69, 9.17) is 4.74 Å². The zero-order valence-electron chi connectivity index (χ0n) is 10.6. The average Bonchev–Trinajstić information content (AvgIpc) is 2.43. The Labute approximate surface area is 123 Å². The Morgan fingerprint density at radius 2 is 1.85 bits per heavy atom. The van der Waals surface area contributed by atoms with Crippen molar-refractivity contribution >= 4 is 21.7 Å². The molecule has 0 heterocycles. The lowest BCUT2D eigenvalue weighted by molar-refractivity contribution is 0.0992. The van der Waals surface area contributed by atoms with Crippen molar-refractivity contribution in [1.29, 1.82) is 0 Å². The fourth-order valence-electron chi connectivity index (χ4n) is 1.77. The third-order valence-electron chi connectivity index (χ3n) is 2.82. The van der Waals surface area contributed by atoms with E-state index in [9.17, 15) is 13.6 Å². The number of ketones is 1. The Hall–Kier alpha value is -1.75. The maximum atomic E-state index is 13.3. The molecule has 0 aliphatic rings. The van der Waals surface area contributed by atoms with Gasteiger partial charge in [0.25, 0.3) is 0 Å². The number of hydrogen-bond donors (Lipinski definition) is 0. The number of ether oxygens (including phenoxy) is 1. The van der Waals surface area contributed by atoms with Gasteiger partial charge in [-0.15, -0.1) is 0 Å². The minimum atomic E-state index is -0.520. The molecule has 20 heavy (non-hydrogen) atoms. The van der Waals surface area contributed by atoms with E-state index in [1.807, 2.05) is 0 Å². The number of methoxy groups -OCH3 is 1. The van der Waals surface area contributed by atoms with E-state index in [-0.39, 0.29) is 23.8 Å². The van der Waals surface area contributed by atoms with E-state index in [0.29, 0.717) is 15.6 Å². The predicted octanol–water partition coefficient (Wildman–Crippen LogP) is 4.16. The second kappa shape index (κ2) is 6.13. The van der Waals surface area contributed by atoms with E-state index >= 15 is 0 Å². The Bertz CT molecular complexity index is 656. The Balaban J connectivity index is 2.21. The van der Waals surface area contributed by atoms with Gasteiger partial charge in [-0.25, -0.2) is 8.78 Å². The van der Waals surface area contributed by atoms with E-state index in [1.165, 1.54) is 31.4 Å². The molecule has 0 radical (unpaired) electrons. The van der Waals surface area contributed by atoms with Gasteiger partial charge in [0.15, 0.2) is 17.3 Å². The first-order valence-corrected chi connectivity index (χ1v) is 6.61. The topological polar surface area (TPSA) is 26.3 Å². The fourth-order valence-corrected chi connectivity index (χ4v) is 2.20. The molecule has 0 aromatic heterocycles. The third-order valence-corrected chi connectivity index (χ3v) is 3.43. The number of hydrogen-bond acceptors (Lipinski definition) is 2. The van der Waals surface area contributed by atoms with Crippen LogP contribution in [0.2, 0.25) is 0 Å². The van der Waals surface area contributed by atoms with Crippen LogP contribution in [0.25, 0.3) is 0 Å². The Kier molecular flexibility index (Phi) is 4.49. The zero-order chi connectivity index (χ0) is 14.7. The highest BCUT2D eigenvalue weighted by Crippen LogP contribution is 2.21. The van der Waals surface area contributed by atoms with Gasteiger partial charge >= 0.3 is 0 Å². The average molecular weight is 341 g/mol. The summed E-state index contributed by atoms with van der Waals surface area (Å²) in [5, 5.41) is 0. The molecule has 2 nitrogen and oxygen atoms in total. The first kappa shape index (κ1) is 14.7. The molecule has 104 valence electrons. The monoisotopic (exact) mass is 340 g/mol. The van der Waals surface area contributed by atoms with E-state index in [1.54, 1.807) is 12.1 Å². The van der Waals surface area contributed by atoms with Gasteiger partial charge < -0.3 is 4.74 Å². The van der Waals surface area contributed by atoms with Crippen molar-refractivity contribution in [2.24, 2.45) is 0 Å². The lowest BCUT2D eigenvalue weighted by Gasteiger charge is -2.06. The molecular formula is C15H11BrF2O2. The quantitative estimate of drug-likeness (QED) is 0.781. The molecule has 0 spiro atoms. The maximum Gasteiger partial charge on any atom is 0.167 e. The van der Waals surface area contributed by atoms with Gasteiger partial charge in [-0.1, -0.05) is 6.07 Å². The summed E-state index contributed by atoms with van der Waals surface area (Å²) in [6, 6.07) is 8.33. The summed E-state index contributed by atoms with van der Waals surface area (Å²) < 4.78 is 31.5. The molecule has 0 fully saturated rings. The molecule has 2 aromatic carbocycles. The van der Waals surface area contributed by atoms with Crippen molar-refractivity contribution in [1.82, 2.24) is 0 Å². The van der Waals surface area contributed by atoms with Gasteiger partial charge in [-0.3, -0.25) is 4.79 Å². The van der Waals surface area contributed by atoms with Crippen molar-refractivity contribution in [2.45, 2.75) is 6.42 Å². The van der Waals surface area contributed by atoms with E-state index < -0.39 is 5.82 Å². The molecule has 0 aliphatic carbocycles. The van der Waals surface area contributed by atoms with Gasteiger partial charge in [-0.05, 0) is 51.8 Å². The van der Waals surface area contributed by atoms with Crippen LogP contribution in [0.4, 0.5) is 8.78 Å². The molecule has 0 amide bonds. The summed E-state index contributed by atoms with van der Waals surface area (Å²) in [5.74, 6) is -1.07. The van der Waals surface area contributed by atoms with Crippen molar-refractivity contribution in [2.75, 3.05) is 7.11 Å². The van der Waals surface area contributed by atoms with Crippen LogP contribution in [0, 0.1) is 11.6 Å². The summed E-state index contributed by atoms with van der Waals surface area (Å²) in [6.45, 7) is 0. The van der Waals surface area contributed by atoms with Crippen LogP contribution in [0.1, 0.15) is 15.9 Å². The molecule has 0 saturated carbocycles. The molecule has 0 unspecified atom stereocenters. The van der Waals surface area contributed by atoms with Crippen LogP contribution in [-0.4, -0.2) is 12.9 Å². The van der Waals surface area contributed by atoms with Crippen LogP contribution in [0.3, 0.4) is 0 Å². The molecule has 2 aromatic rings. The number of rotatable bonds is 4. The molecule has 5 heteroatoms. The Morgan fingerprint density at radius 1 is 1.15 bits per heavy atom. The molecule has 0 aliphatic heterocycles. The minimum absolute atomic E-state index is 0.0242. The molecule has 0 N–H and O–H groups in total. The summed E-state index contributed by atoms with van der Waals surface area (Å²) in [7, 11) is 1.34. The third kappa shape index (κ3) is 3.22. The van der Waals surface area contributed by atoms with Gasteiger partial charge in [0.05, 0.1) is 11.6 Å². The zero-order valence-corrected chi connectivity index (χ0v) is 12.2. The lowest BCUT2D eigenvalue weighted by Crippen LogP contribution is -2.04. The van der Waals surface area contributed by atoms with Gasteiger partial charge in [-0.2, -0.15) is 0 Å². The summed E-state index contributed by atoms with van der Waals surface area (Å²) >= 11 is 3.07. The van der Waals surface area contributed by atoms with Crippen LogP contribution in [0.15, 0.2) is 40.9 Å². The van der Waals surface area contributed by atoms with Crippen LogP contribution < -0.4 is 4.74 Å². The number of carbonyl (C=O) groups excluding carboxylic acids is 1. The van der Waals surface area contributed by atoms with Crippen LogP contribution in [-0.2, 0) is 6.42 Å². The van der Waals surface area contributed by atoms with Crippen molar-refractivity contribution in [3.8, 4) is 5.75 Å². The summed E-state index contributed by atoms with van der Waals surface area (Å²) in [6.07, 6.45) is 0.105. The van der Waals surface area contributed by atoms with Gasteiger partial charge in [0.2, 0.25) is 0 Å². The maximum absolute atomic E-state index is 13.3. The molecule has 0 atom stereocenters. The fraction of sp³-hybridized carbons (Fsp3) is 0.133. The number of carbonyl (C=O) groups is 1. The van der Waals surface area contributed by atoms with E-state index in [2.05, 4.69) is 15.9 Å². The summed E-state index contributed by atoms with van der Waals surface area (Å²) in [4.78, 5) is 12.1. The van der Waals surface area contributed by atoms with Crippen LogP contribution >= 0.6 is 15.9 Å².